The summed E-state index contributed by atoms with van der Waals surface area (Å²) in [5, 5.41) is 172. The summed E-state index contributed by atoms with van der Waals surface area (Å²) < 4.78 is 74.2. The normalized spacial score (nSPS) is 57.6. The summed E-state index contributed by atoms with van der Waals surface area (Å²) in [6.07, 6.45) is -53.9. The van der Waals surface area contributed by atoms with E-state index in [4.69, 9.17) is 61.6 Å². The zero-order chi connectivity index (χ0) is 52.4. The van der Waals surface area contributed by atoms with Gasteiger partial charge in [-0.25, -0.2) is 0 Å². The van der Waals surface area contributed by atoms with Crippen molar-refractivity contribution in [2.45, 2.75) is 263 Å². The summed E-state index contributed by atoms with van der Waals surface area (Å²) in [5.41, 5.74) is 0. The van der Waals surface area contributed by atoms with Gasteiger partial charge in [0.2, 0.25) is 0 Å². The molecule has 0 radical (unpaired) electrons. The molecule has 0 aromatic heterocycles. The highest BCUT2D eigenvalue weighted by Gasteiger charge is 2.56. The van der Waals surface area contributed by atoms with Gasteiger partial charge in [-0.1, -0.05) is 0 Å². The lowest BCUT2D eigenvalue weighted by molar-refractivity contribution is -0.391. The molecule has 0 aliphatic carbocycles. The molecular formula is C42H72O29. The molecule has 7 saturated heterocycles. The van der Waals surface area contributed by atoms with E-state index in [9.17, 15) is 81.7 Å². The first-order valence-electron chi connectivity index (χ1n) is 23.6. The van der Waals surface area contributed by atoms with Crippen molar-refractivity contribution in [3.63, 3.8) is 0 Å². The number of rotatable bonds is 12. The summed E-state index contributed by atoms with van der Waals surface area (Å²) in [5.74, 6) is 0. The third kappa shape index (κ3) is 11.6. The predicted molar refractivity (Wildman–Crippen MR) is 222 cm³/mol. The summed E-state index contributed by atoms with van der Waals surface area (Å²) >= 11 is 0. The maximum atomic E-state index is 11.3. The number of aliphatic hydroxyl groups excluding tert-OH is 16. The average molecular weight is 1040 g/mol. The highest BCUT2D eigenvalue weighted by molar-refractivity contribution is 4.99. The average Bonchev–Trinajstić information content (AvgIpc) is 3.32. The van der Waals surface area contributed by atoms with Crippen molar-refractivity contribution >= 4 is 0 Å². The maximum absolute atomic E-state index is 11.3. The van der Waals surface area contributed by atoms with Crippen molar-refractivity contribution in [3.05, 3.63) is 0 Å². The van der Waals surface area contributed by atoms with E-state index in [1.807, 2.05) is 0 Å². The molecule has 0 aromatic rings. The van der Waals surface area contributed by atoms with Crippen LogP contribution in [0.5, 0.6) is 0 Å². The zero-order valence-electron chi connectivity index (χ0n) is 39.7. The number of aliphatic hydroxyl groups is 16. The molecule has 0 spiro atoms. The molecule has 0 unspecified atom stereocenters. The van der Waals surface area contributed by atoms with E-state index in [2.05, 4.69) is 0 Å². The van der Waals surface area contributed by atoms with Gasteiger partial charge in [-0.05, 0) is 48.5 Å². The van der Waals surface area contributed by atoms with Gasteiger partial charge >= 0.3 is 0 Å². The van der Waals surface area contributed by atoms with E-state index in [0.29, 0.717) is 0 Å². The Balaban J connectivity index is 0.893. The van der Waals surface area contributed by atoms with Crippen LogP contribution in [-0.2, 0) is 61.6 Å². The van der Waals surface area contributed by atoms with Gasteiger partial charge < -0.3 is 143 Å². The molecule has 16 N–H and O–H groups in total. The molecule has 7 aliphatic rings. The quantitative estimate of drug-likeness (QED) is 0.0863. The van der Waals surface area contributed by atoms with Crippen LogP contribution in [0.15, 0.2) is 0 Å². The second-order valence-electron chi connectivity index (χ2n) is 19.5. The van der Waals surface area contributed by atoms with Gasteiger partial charge in [-0.15, -0.1) is 0 Å². The fraction of sp³-hybridized carbons (Fsp3) is 1.00. The first-order valence-corrected chi connectivity index (χ1v) is 23.6. The Morgan fingerprint density at radius 1 is 0.197 bits per heavy atom. The van der Waals surface area contributed by atoms with E-state index in [-0.39, 0.29) is 0 Å². The second kappa shape index (κ2) is 23.2. The Bertz CT molecular complexity index is 1690. The first-order chi connectivity index (χ1) is 33.2. The number of hydrogen-bond acceptors (Lipinski definition) is 29. The van der Waals surface area contributed by atoms with Crippen LogP contribution >= 0.6 is 0 Å². The van der Waals surface area contributed by atoms with Crippen LogP contribution in [0.3, 0.4) is 0 Å². The Morgan fingerprint density at radius 3 is 0.620 bits per heavy atom. The van der Waals surface area contributed by atoms with Crippen molar-refractivity contribution in [3.8, 4) is 0 Å². The van der Waals surface area contributed by atoms with Gasteiger partial charge in [-0.3, -0.25) is 0 Å². The molecule has 0 saturated carbocycles. The third-order valence-corrected chi connectivity index (χ3v) is 14.2. The molecule has 29 nitrogen and oxygen atoms in total. The summed E-state index contributed by atoms with van der Waals surface area (Å²) in [7, 11) is 0. The maximum Gasteiger partial charge on any atom is 0.187 e. The highest BCUT2D eigenvalue weighted by Crippen LogP contribution is 2.37. The van der Waals surface area contributed by atoms with Gasteiger partial charge in [0, 0.05) is 0 Å². The summed E-state index contributed by atoms with van der Waals surface area (Å²) in [4.78, 5) is 0. The van der Waals surface area contributed by atoms with Crippen LogP contribution < -0.4 is 0 Å². The first kappa shape index (κ1) is 57.5. The SMILES string of the molecule is C[C@H]1O[C@@H](O[C@@H]2[C@H](O)[C@@H](O)[C@H](O[C@@H]3[C@H](O)[C@@H](O)[C@H](O[C@@H]4[C@H](O)[C@@H](O)[C@H](O[C@@H]5[C@H](O)[C@@H](O)[C@H](O[C@@H]6[C@H](O)[C@@H](O)[C@H](O[C@@H]7[C@H](O)[C@@H](O)[C@H](O)O[C@@H]7C)O[C@@H]6C)O[C@@H]5C)O[C@@H]4C)O[C@@H]3C)O[C@@H]2C)[C@H](O)[C@@H](O)[C@H]1O. The van der Waals surface area contributed by atoms with E-state index < -0.39 is 215 Å². The number of hydrogen-bond donors (Lipinski definition) is 16. The van der Waals surface area contributed by atoms with Crippen LogP contribution in [-0.4, -0.2) is 297 Å². The predicted octanol–water partition coefficient (Wildman–Crippen LogP) is -9.08. The Hall–Kier alpha value is -1.16. The van der Waals surface area contributed by atoms with Crippen LogP contribution in [0.2, 0.25) is 0 Å². The monoisotopic (exact) mass is 1040 g/mol. The molecule has 7 rings (SSSR count). The van der Waals surface area contributed by atoms with Gasteiger partial charge in [0.1, 0.15) is 128 Å². The molecule has 7 fully saturated rings. The summed E-state index contributed by atoms with van der Waals surface area (Å²) in [6, 6.07) is 0. The molecule has 7 aliphatic heterocycles. The van der Waals surface area contributed by atoms with Crippen molar-refractivity contribution in [1.29, 1.82) is 0 Å². The van der Waals surface area contributed by atoms with Crippen molar-refractivity contribution in [1.82, 2.24) is 0 Å². The molecule has 71 heavy (non-hydrogen) atoms. The molecule has 0 amide bonds. The lowest BCUT2D eigenvalue weighted by Gasteiger charge is -2.49. The molecule has 35 atom stereocenters. The molecule has 0 aromatic carbocycles. The zero-order valence-corrected chi connectivity index (χ0v) is 39.7. The third-order valence-electron chi connectivity index (χ3n) is 14.2. The fourth-order valence-corrected chi connectivity index (χ4v) is 9.80. The van der Waals surface area contributed by atoms with Gasteiger partial charge in [0.15, 0.2) is 44.0 Å². The largest absolute Gasteiger partial charge is 0.388 e. The fourth-order valence-electron chi connectivity index (χ4n) is 9.80. The standard InChI is InChI=1S/C42H72O29/c1-8-15(43)16(44)24(52)37(60-8)67-31-10(3)62-39(26(54)18(31)46)69-33-12(5)64-41(28(56)20(33)48)71-35-14(7)65-42(29(57)22(35)50)70-34-13(6)63-40(27(55)21(34)49)68-32-11(4)61-38(25(53)19(32)47)66-30-9(2)59-36(58)23(51)17(30)45/h8-58H,1-7H3/t8-,9-,10-,11-,12-,13-,14-,15+,16+,17-,18-,19-,20-,21-,22-,23-,24-,25-,26-,27-,28-,29-,30+,31+,32+,33+,34+,35+,36-,37+,38+,39+,40+,41+,42+/m1/s1. The van der Waals surface area contributed by atoms with E-state index in [1.165, 1.54) is 48.5 Å². The van der Waals surface area contributed by atoms with Crippen molar-refractivity contribution < 1.29 is 143 Å². The number of ether oxygens (including phenoxy) is 13. The minimum atomic E-state index is -1.91. The van der Waals surface area contributed by atoms with E-state index in [0.717, 1.165) is 0 Å². The summed E-state index contributed by atoms with van der Waals surface area (Å²) in [6.45, 7) is 9.97. The van der Waals surface area contributed by atoms with Crippen molar-refractivity contribution in [2.24, 2.45) is 0 Å². The van der Waals surface area contributed by atoms with Crippen LogP contribution in [0.4, 0.5) is 0 Å². The Morgan fingerprint density at radius 2 is 0.380 bits per heavy atom. The Kier molecular flexibility index (Phi) is 18.8. The highest BCUT2D eigenvalue weighted by atomic mass is 16.8. The molecule has 29 heteroatoms. The lowest BCUT2D eigenvalue weighted by atomic mass is 9.95. The van der Waals surface area contributed by atoms with E-state index in [1.54, 1.807) is 0 Å². The minimum Gasteiger partial charge on any atom is -0.388 e. The van der Waals surface area contributed by atoms with E-state index >= 15 is 0 Å². The van der Waals surface area contributed by atoms with Gasteiger partial charge in [0.25, 0.3) is 0 Å². The van der Waals surface area contributed by atoms with Crippen LogP contribution in [0, 0.1) is 0 Å². The molecule has 414 valence electrons. The molecule has 7 heterocycles. The van der Waals surface area contributed by atoms with Gasteiger partial charge in [0.05, 0.1) is 42.7 Å². The second-order valence-corrected chi connectivity index (χ2v) is 19.5. The van der Waals surface area contributed by atoms with Crippen LogP contribution in [0.1, 0.15) is 48.5 Å². The van der Waals surface area contributed by atoms with Crippen molar-refractivity contribution in [2.75, 3.05) is 0 Å². The smallest absolute Gasteiger partial charge is 0.187 e. The Labute approximate surface area is 406 Å². The minimum absolute atomic E-state index is 0.960. The lowest BCUT2D eigenvalue weighted by Crippen LogP contribution is -2.67. The van der Waals surface area contributed by atoms with Crippen LogP contribution in [0.25, 0.3) is 0 Å². The topological polar surface area (TPSA) is 444 Å². The van der Waals surface area contributed by atoms with Gasteiger partial charge in [-0.2, -0.15) is 0 Å². The molecule has 0 bridgehead atoms. The molecular weight excluding hydrogens is 968 g/mol.